The molecule has 37 heavy (non-hydrogen) atoms. The molecule has 0 spiro atoms. The first kappa shape index (κ1) is 25.7. The second-order valence-electron chi connectivity index (χ2n) is 9.07. The van der Waals surface area contributed by atoms with Gasteiger partial charge in [-0.15, -0.1) is 0 Å². The van der Waals surface area contributed by atoms with Gasteiger partial charge < -0.3 is 34.3 Å². The number of rotatable bonds is 7. The first-order chi connectivity index (χ1) is 17.8. The van der Waals surface area contributed by atoms with Gasteiger partial charge in [-0.05, 0) is 59.5 Å². The molecule has 0 saturated carbocycles. The van der Waals surface area contributed by atoms with E-state index in [0.717, 1.165) is 11.1 Å². The van der Waals surface area contributed by atoms with Gasteiger partial charge in [0.2, 0.25) is 0 Å². The topological polar surface area (TPSA) is 113 Å². The summed E-state index contributed by atoms with van der Waals surface area (Å²) in [4.78, 5) is 0. The molecule has 194 valence electrons. The van der Waals surface area contributed by atoms with E-state index in [-0.39, 0.29) is 12.4 Å². The number of hydrogen-bond acceptors (Lipinski definition) is 7. The van der Waals surface area contributed by atoms with Crippen LogP contribution in [0.3, 0.4) is 0 Å². The van der Waals surface area contributed by atoms with E-state index in [4.69, 9.17) is 25.5 Å². The summed E-state index contributed by atoms with van der Waals surface area (Å²) in [6.45, 7) is -0.343. The molecule has 0 unspecified atom stereocenters. The Morgan fingerprint density at radius 1 is 0.919 bits per heavy atom. The van der Waals surface area contributed by atoms with Gasteiger partial charge in [0.1, 0.15) is 60.0 Å². The number of ether oxygens (including phenoxy) is 2. The number of furan rings is 1. The average Bonchev–Trinajstić information content (AvgIpc) is 3.33. The van der Waals surface area contributed by atoms with Crippen LogP contribution in [0.2, 0.25) is 5.02 Å². The summed E-state index contributed by atoms with van der Waals surface area (Å²) >= 11 is 6.43. The second-order valence-corrected chi connectivity index (χ2v) is 9.48. The van der Waals surface area contributed by atoms with Crippen LogP contribution in [0.5, 0.6) is 5.75 Å². The maximum atomic E-state index is 13.9. The molecule has 5 atom stereocenters. The maximum Gasteiger partial charge on any atom is 0.146 e. The van der Waals surface area contributed by atoms with E-state index in [9.17, 15) is 24.8 Å². The van der Waals surface area contributed by atoms with Crippen LogP contribution in [0.25, 0.3) is 11.0 Å². The lowest BCUT2D eigenvalue weighted by molar-refractivity contribution is -0.231. The molecule has 0 aliphatic carbocycles. The third-order valence-electron chi connectivity index (χ3n) is 6.55. The van der Waals surface area contributed by atoms with Crippen molar-refractivity contribution >= 4 is 22.6 Å². The van der Waals surface area contributed by atoms with Gasteiger partial charge in [-0.2, -0.15) is 0 Å². The molecule has 7 nitrogen and oxygen atoms in total. The van der Waals surface area contributed by atoms with E-state index in [0.29, 0.717) is 39.5 Å². The van der Waals surface area contributed by atoms with Gasteiger partial charge in [0.15, 0.2) is 0 Å². The highest BCUT2D eigenvalue weighted by Gasteiger charge is 2.44. The summed E-state index contributed by atoms with van der Waals surface area (Å²) in [5.74, 6) is 0.790. The van der Waals surface area contributed by atoms with E-state index in [1.807, 2.05) is 24.3 Å². The van der Waals surface area contributed by atoms with Crippen molar-refractivity contribution in [1.82, 2.24) is 0 Å². The molecule has 0 radical (unpaired) electrons. The lowest BCUT2D eigenvalue weighted by Crippen LogP contribution is -2.55. The molecule has 0 bridgehead atoms. The molecule has 1 saturated heterocycles. The molecule has 1 aliphatic rings. The Morgan fingerprint density at radius 3 is 2.43 bits per heavy atom. The summed E-state index contributed by atoms with van der Waals surface area (Å²) in [5, 5.41) is 41.0. The first-order valence-corrected chi connectivity index (χ1v) is 12.2. The van der Waals surface area contributed by atoms with Gasteiger partial charge in [0.25, 0.3) is 0 Å². The van der Waals surface area contributed by atoms with Crippen molar-refractivity contribution in [3.8, 4) is 5.75 Å². The summed E-state index contributed by atoms with van der Waals surface area (Å²) in [5.41, 5.74) is 2.76. The standard InChI is InChI=1S/C28H26ClFO7/c29-21-9-6-16(28-27(34)26(33)25(32)24(13-31)37-28)11-17(21)10-15-4-7-18(8-5-15)35-14-19-12-20-22(30)2-1-3-23(20)36-19/h1-9,11-12,24-28,31-34H,10,13-14H2/t24-,25-,26+,27-,28+/m1/s1. The van der Waals surface area contributed by atoms with Crippen molar-refractivity contribution < 1.29 is 38.7 Å². The zero-order valence-corrected chi connectivity index (χ0v) is 20.4. The molecule has 1 aliphatic heterocycles. The van der Waals surface area contributed by atoms with Crippen LogP contribution in [0, 0.1) is 5.82 Å². The Bertz CT molecular complexity index is 1370. The van der Waals surface area contributed by atoms with Crippen molar-refractivity contribution in [3.05, 3.63) is 100 Å². The Morgan fingerprint density at radius 2 is 1.70 bits per heavy atom. The molecule has 9 heteroatoms. The average molecular weight is 529 g/mol. The highest BCUT2D eigenvalue weighted by atomic mass is 35.5. The van der Waals surface area contributed by atoms with Gasteiger partial charge >= 0.3 is 0 Å². The van der Waals surface area contributed by atoms with Crippen molar-refractivity contribution in [3.63, 3.8) is 0 Å². The molecule has 1 fully saturated rings. The molecular formula is C28H26ClFO7. The third-order valence-corrected chi connectivity index (χ3v) is 6.92. The zero-order chi connectivity index (χ0) is 26.1. The SMILES string of the molecule is OC[C@H]1O[C@@H](c2ccc(Cl)c(Cc3ccc(OCc4cc5c(F)cccc5o4)cc3)c2)[C@H](O)[C@@H](O)[C@@H]1O. The quantitative estimate of drug-likeness (QED) is 0.288. The Kier molecular flexibility index (Phi) is 7.48. The third kappa shape index (κ3) is 5.36. The zero-order valence-electron chi connectivity index (χ0n) is 19.6. The highest BCUT2D eigenvalue weighted by molar-refractivity contribution is 6.31. The van der Waals surface area contributed by atoms with Crippen LogP contribution < -0.4 is 4.74 Å². The second kappa shape index (κ2) is 10.8. The van der Waals surface area contributed by atoms with Gasteiger partial charge in [-0.1, -0.05) is 41.9 Å². The van der Waals surface area contributed by atoms with Crippen LogP contribution in [0.1, 0.15) is 28.6 Å². The van der Waals surface area contributed by atoms with Crippen molar-refractivity contribution in [2.45, 2.75) is 43.5 Å². The van der Waals surface area contributed by atoms with Gasteiger partial charge in [-0.25, -0.2) is 4.39 Å². The molecule has 0 amide bonds. The predicted octanol–water partition coefficient (Wildman–Crippen LogP) is 3.91. The van der Waals surface area contributed by atoms with Crippen molar-refractivity contribution in [2.24, 2.45) is 0 Å². The lowest BCUT2D eigenvalue weighted by atomic mass is 9.90. The molecule has 3 aromatic carbocycles. The van der Waals surface area contributed by atoms with Crippen LogP contribution in [-0.4, -0.2) is 51.4 Å². The lowest BCUT2D eigenvalue weighted by Gasteiger charge is -2.40. The van der Waals surface area contributed by atoms with E-state index in [2.05, 4.69) is 0 Å². The number of hydrogen-bond donors (Lipinski definition) is 4. The van der Waals surface area contributed by atoms with Gasteiger partial charge in [-0.3, -0.25) is 0 Å². The van der Waals surface area contributed by atoms with Crippen molar-refractivity contribution in [2.75, 3.05) is 6.61 Å². The van der Waals surface area contributed by atoms with Crippen LogP contribution in [0.15, 0.2) is 71.1 Å². The number of aliphatic hydroxyl groups is 4. The molecule has 1 aromatic heterocycles. The molecular weight excluding hydrogens is 503 g/mol. The van der Waals surface area contributed by atoms with Gasteiger partial charge in [0, 0.05) is 5.02 Å². The summed E-state index contributed by atoms with van der Waals surface area (Å²) in [7, 11) is 0. The monoisotopic (exact) mass is 528 g/mol. The number of fused-ring (bicyclic) bond motifs is 1. The predicted molar refractivity (Wildman–Crippen MR) is 134 cm³/mol. The Balaban J connectivity index is 1.26. The van der Waals surface area contributed by atoms with Crippen LogP contribution >= 0.6 is 11.6 Å². The van der Waals surface area contributed by atoms with E-state index in [1.165, 1.54) is 6.07 Å². The van der Waals surface area contributed by atoms with Crippen molar-refractivity contribution in [1.29, 1.82) is 0 Å². The first-order valence-electron chi connectivity index (χ1n) is 11.8. The largest absolute Gasteiger partial charge is 0.486 e. The number of halogens is 2. The Labute approximate surface area is 217 Å². The fraction of sp³-hybridized carbons (Fsp3) is 0.286. The minimum Gasteiger partial charge on any atom is -0.486 e. The van der Waals surface area contributed by atoms with E-state index in [1.54, 1.807) is 36.4 Å². The molecule has 5 rings (SSSR count). The minimum atomic E-state index is -1.46. The fourth-order valence-corrected chi connectivity index (χ4v) is 4.70. The summed E-state index contributed by atoms with van der Waals surface area (Å²) in [6, 6.07) is 18.9. The maximum absolute atomic E-state index is 13.9. The minimum absolute atomic E-state index is 0.153. The summed E-state index contributed by atoms with van der Waals surface area (Å²) < 4.78 is 31.0. The molecule has 4 N–H and O–H groups in total. The molecule has 4 aromatic rings. The number of benzene rings is 3. The number of aliphatic hydroxyl groups excluding tert-OH is 4. The smallest absolute Gasteiger partial charge is 0.146 e. The van der Waals surface area contributed by atoms with E-state index >= 15 is 0 Å². The highest BCUT2D eigenvalue weighted by Crippen LogP contribution is 2.34. The van der Waals surface area contributed by atoms with E-state index < -0.39 is 37.1 Å². The Hall–Kier alpha value is -2.98. The van der Waals surface area contributed by atoms with Crippen LogP contribution in [0.4, 0.5) is 4.39 Å². The summed E-state index contributed by atoms with van der Waals surface area (Å²) in [6.07, 6.45) is -5.69. The fourth-order valence-electron chi connectivity index (χ4n) is 4.51. The normalized spacial score (nSPS) is 23.9. The van der Waals surface area contributed by atoms with Gasteiger partial charge in [0.05, 0.1) is 12.0 Å². The molecule has 2 heterocycles. The van der Waals surface area contributed by atoms with Crippen LogP contribution in [-0.2, 0) is 17.8 Å².